The van der Waals surface area contributed by atoms with E-state index in [-0.39, 0.29) is 30.1 Å². The van der Waals surface area contributed by atoms with Crippen molar-refractivity contribution in [3.8, 4) is 0 Å². The van der Waals surface area contributed by atoms with E-state index in [4.69, 9.17) is 26.1 Å². The first kappa shape index (κ1) is 35.2. The number of nitrogens with zero attached hydrogens (tertiary/aromatic N) is 3. The van der Waals surface area contributed by atoms with Crippen molar-refractivity contribution in [3.63, 3.8) is 0 Å². The molecule has 9 nitrogen and oxygen atoms in total. The highest BCUT2D eigenvalue weighted by Gasteiger charge is 2.44. The Hall–Kier alpha value is -4.87. The number of hydrogen-bond acceptors (Lipinski definition) is 7. The summed E-state index contributed by atoms with van der Waals surface area (Å²) in [5.74, 6) is 0. The third-order valence-electron chi connectivity index (χ3n) is 10.9. The smallest absolute Gasteiger partial charge is 0.273 e. The van der Waals surface area contributed by atoms with Crippen LogP contribution < -0.4 is 5.56 Å². The second-order valence-corrected chi connectivity index (χ2v) is 16.5. The molecule has 270 valence electrons. The fraction of sp³-hybridized carbons (Fsp3) is 0.262. The molecule has 8 rings (SSSR count). The van der Waals surface area contributed by atoms with Crippen molar-refractivity contribution < 1.29 is 17.9 Å². The Morgan fingerprint density at radius 3 is 2.42 bits per heavy atom. The number of allylic oxidation sites excluding steroid dienone is 3. The molecule has 1 fully saturated rings. The van der Waals surface area contributed by atoms with Crippen molar-refractivity contribution in [3.05, 3.63) is 159 Å². The zero-order valence-corrected chi connectivity index (χ0v) is 31.0. The first-order valence-corrected chi connectivity index (χ1v) is 19.6. The highest BCUT2D eigenvalue weighted by Crippen LogP contribution is 2.44. The highest BCUT2D eigenvalue weighted by atomic mass is 35.5. The van der Waals surface area contributed by atoms with Gasteiger partial charge in [0.1, 0.15) is 10.3 Å². The standard InChI is InChI=1S/C42H39ClN4O5S/c1-28-25-31(18-21-41(28,2)53(49,50)47-23-20-29-19-22-44-39(48)37(29)47)30-16-17-35-34(26-30)38(46-40(43)45-35)42(32-11-5-3-6-12-32,33-13-7-4-8-14-33)27-52-36-15-9-10-24-51-36/h3-8,11-14,16-20,22-23,25-26,36H,9-10,15,21,24,27H2,1-2H3,(H,44,48). The van der Waals surface area contributed by atoms with E-state index in [0.717, 1.165) is 50.9 Å². The van der Waals surface area contributed by atoms with Gasteiger partial charge in [0.25, 0.3) is 5.56 Å². The van der Waals surface area contributed by atoms with E-state index >= 15 is 0 Å². The predicted octanol–water partition coefficient (Wildman–Crippen LogP) is 8.17. The molecule has 0 bridgehead atoms. The van der Waals surface area contributed by atoms with Crippen LogP contribution in [0.25, 0.3) is 27.4 Å². The number of rotatable bonds is 9. The molecule has 1 aliphatic heterocycles. The monoisotopic (exact) mass is 746 g/mol. The number of H-pyrrole nitrogens is 1. The van der Waals surface area contributed by atoms with Crippen LogP contribution in [0.4, 0.5) is 0 Å². The molecule has 11 heteroatoms. The number of aromatic nitrogens is 4. The normalized spacial score (nSPS) is 19.6. The van der Waals surface area contributed by atoms with Gasteiger partial charge in [0.05, 0.1) is 23.2 Å². The lowest BCUT2D eigenvalue weighted by atomic mass is 9.71. The van der Waals surface area contributed by atoms with Crippen LogP contribution >= 0.6 is 11.6 Å². The van der Waals surface area contributed by atoms with Gasteiger partial charge >= 0.3 is 0 Å². The maximum Gasteiger partial charge on any atom is 0.273 e. The summed E-state index contributed by atoms with van der Waals surface area (Å²) in [4.78, 5) is 25.0. The first-order chi connectivity index (χ1) is 25.6. The molecule has 3 aromatic carbocycles. The van der Waals surface area contributed by atoms with Gasteiger partial charge in [0, 0.05) is 29.8 Å². The van der Waals surface area contributed by atoms with Gasteiger partial charge in [-0.1, -0.05) is 78.9 Å². The minimum atomic E-state index is -4.04. The second kappa shape index (κ2) is 13.8. The van der Waals surface area contributed by atoms with Crippen molar-refractivity contribution in [2.24, 2.45) is 0 Å². The van der Waals surface area contributed by atoms with E-state index in [1.54, 1.807) is 19.1 Å². The summed E-state index contributed by atoms with van der Waals surface area (Å²) >= 11 is 6.73. The molecule has 6 aromatic rings. The van der Waals surface area contributed by atoms with Crippen LogP contribution in [0, 0.1) is 0 Å². The van der Waals surface area contributed by atoms with E-state index in [2.05, 4.69) is 40.3 Å². The van der Waals surface area contributed by atoms with Gasteiger partial charge in [-0.05, 0) is 103 Å². The summed E-state index contributed by atoms with van der Waals surface area (Å²) in [5.41, 5.74) is 4.46. The Morgan fingerprint density at radius 1 is 1.00 bits per heavy atom. The van der Waals surface area contributed by atoms with Crippen LogP contribution in [0.3, 0.4) is 0 Å². The molecular weight excluding hydrogens is 708 g/mol. The molecule has 0 saturated carbocycles. The Bertz CT molecular complexity index is 2520. The molecule has 1 saturated heterocycles. The molecule has 2 aliphatic rings. The average Bonchev–Trinajstić information content (AvgIpc) is 3.64. The van der Waals surface area contributed by atoms with Gasteiger partial charge in [0.15, 0.2) is 6.29 Å². The van der Waals surface area contributed by atoms with E-state index in [1.165, 1.54) is 12.4 Å². The number of nitrogens with one attached hydrogen (secondary N) is 1. The van der Waals surface area contributed by atoms with E-state index in [0.29, 0.717) is 28.8 Å². The summed E-state index contributed by atoms with van der Waals surface area (Å²) in [6.45, 7) is 4.44. The molecule has 4 heterocycles. The van der Waals surface area contributed by atoms with Gasteiger partial charge in [-0.15, -0.1) is 0 Å². The third-order valence-corrected chi connectivity index (χ3v) is 13.5. The van der Waals surface area contributed by atoms with Crippen LogP contribution in [0.5, 0.6) is 0 Å². The minimum Gasteiger partial charge on any atom is -0.353 e. The fourth-order valence-corrected chi connectivity index (χ4v) is 9.71. The Balaban J connectivity index is 1.25. The number of pyridine rings is 1. The molecular formula is C42H39ClN4O5S. The third kappa shape index (κ3) is 6.03. The summed E-state index contributed by atoms with van der Waals surface area (Å²) in [6, 6.07) is 29.7. The number of hydrogen-bond donors (Lipinski definition) is 1. The molecule has 2 unspecified atom stereocenters. The largest absolute Gasteiger partial charge is 0.353 e. The number of aromatic amines is 1. The van der Waals surface area contributed by atoms with Gasteiger partial charge in [-0.25, -0.2) is 22.4 Å². The molecule has 53 heavy (non-hydrogen) atoms. The van der Waals surface area contributed by atoms with E-state index in [1.807, 2.05) is 67.6 Å². The van der Waals surface area contributed by atoms with Gasteiger partial charge in [0.2, 0.25) is 15.3 Å². The number of fused-ring (bicyclic) bond motifs is 2. The molecule has 0 amide bonds. The van der Waals surface area contributed by atoms with Crippen LogP contribution in [0.1, 0.15) is 61.9 Å². The quantitative estimate of drug-likeness (QED) is 0.148. The van der Waals surface area contributed by atoms with E-state index in [9.17, 15) is 13.2 Å². The summed E-state index contributed by atoms with van der Waals surface area (Å²) in [7, 11) is -4.04. The maximum atomic E-state index is 14.3. The van der Waals surface area contributed by atoms with Crippen LogP contribution in [-0.2, 0) is 24.9 Å². The number of ether oxygens (including phenoxy) is 2. The van der Waals surface area contributed by atoms with Crippen molar-refractivity contribution >= 4 is 49.0 Å². The molecule has 3 aromatic heterocycles. The topological polar surface area (TPSA) is 116 Å². The predicted molar refractivity (Wildman–Crippen MR) is 208 cm³/mol. The van der Waals surface area contributed by atoms with Gasteiger partial charge in [-0.2, -0.15) is 0 Å². The van der Waals surface area contributed by atoms with Crippen molar-refractivity contribution in [1.82, 2.24) is 18.9 Å². The Labute approximate surface area is 313 Å². The molecule has 0 radical (unpaired) electrons. The van der Waals surface area contributed by atoms with Crippen LogP contribution in [-0.4, -0.2) is 51.6 Å². The summed E-state index contributed by atoms with van der Waals surface area (Å²) in [5, 5.41) is 1.47. The van der Waals surface area contributed by atoms with E-state index < -0.39 is 25.7 Å². The average molecular weight is 747 g/mol. The van der Waals surface area contributed by atoms with Gasteiger partial charge in [-0.3, -0.25) is 4.79 Å². The molecule has 1 N–H and O–H groups in total. The fourth-order valence-electron chi connectivity index (χ4n) is 7.69. The SMILES string of the molecule is CC1=CC(c2ccc3nc(Cl)nc(C(COC4CCCCO4)(c4ccccc4)c4ccccc4)c3c2)=CCC1(C)S(=O)(=O)n1ccc2cc[nH]c(=O)c21. The maximum absolute atomic E-state index is 14.3. The first-order valence-electron chi connectivity index (χ1n) is 17.8. The molecule has 0 spiro atoms. The minimum absolute atomic E-state index is 0.108. The van der Waals surface area contributed by atoms with Crippen LogP contribution in [0.2, 0.25) is 5.28 Å². The summed E-state index contributed by atoms with van der Waals surface area (Å²) < 4.78 is 41.1. The second-order valence-electron chi connectivity index (χ2n) is 14.0. The molecule has 2 atom stereocenters. The van der Waals surface area contributed by atoms with Gasteiger partial charge < -0.3 is 14.5 Å². The lowest BCUT2D eigenvalue weighted by molar-refractivity contribution is -0.167. The lowest BCUT2D eigenvalue weighted by Gasteiger charge is -2.37. The Kier molecular flexibility index (Phi) is 9.18. The zero-order valence-electron chi connectivity index (χ0n) is 29.5. The molecule has 1 aliphatic carbocycles. The van der Waals surface area contributed by atoms with Crippen LogP contribution in [0.15, 0.2) is 126 Å². The summed E-state index contributed by atoms with van der Waals surface area (Å²) in [6.07, 6.45) is 9.54. The number of benzene rings is 3. The lowest BCUT2D eigenvalue weighted by Crippen LogP contribution is -2.41. The van der Waals surface area contributed by atoms with Crippen molar-refractivity contribution in [1.29, 1.82) is 0 Å². The number of halogens is 1. The Morgan fingerprint density at radius 2 is 1.74 bits per heavy atom. The zero-order chi connectivity index (χ0) is 36.8. The highest BCUT2D eigenvalue weighted by molar-refractivity contribution is 7.91. The van der Waals surface area contributed by atoms with Crippen molar-refractivity contribution in [2.75, 3.05) is 13.2 Å². The van der Waals surface area contributed by atoms with Crippen molar-refractivity contribution in [2.45, 2.75) is 56.0 Å².